The number of amides is 3. The number of imide groups is 1. The van der Waals surface area contributed by atoms with Gasteiger partial charge in [-0.15, -0.1) is 0 Å². The van der Waals surface area contributed by atoms with E-state index in [2.05, 4.69) is 5.32 Å². The van der Waals surface area contributed by atoms with Crippen molar-refractivity contribution in [3.8, 4) is 0 Å². The molecular weight excluding hydrogens is 536 g/mol. The summed E-state index contributed by atoms with van der Waals surface area (Å²) in [7, 11) is 1.52. The number of hydrogen-bond acceptors (Lipinski definition) is 6. The first-order valence-electron chi connectivity index (χ1n) is 12.0. The predicted octanol–water partition coefficient (Wildman–Crippen LogP) is 3.62. The van der Waals surface area contributed by atoms with E-state index in [9.17, 15) is 19.5 Å². The lowest BCUT2D eigenvalue weighted by Crippen LogP contribution is -2.63. The molecule has 0 bridgehead atoms. The molecule has 8 nitrogen and oxygen atoms in total. The molecule has 0 aliphatic carbocycles. The van der Waals surface area contributed by atoms with Gasteiger partial charge in [0.25, 0.3) is 17.7 Å². The number of nitrogens with zero attached hydrogens (tertiary/aromatic N) is 1. The van der Waals surface area contributed by atoms with Gasteiger partial charge in [0.1, 0.15) is 6.04 Å². The van der Waals surface area contributed by atoms with Gasteiger partial charge in [0, 0.05) is 12.7 Å². The van der Waals surface area contributed by atoms with Crippen LogP contribution in [0.5, 0.6) is 0 Å². The third kappa shape index (κ3) is 7.09. The van der Waals surface area contributed by atoms with Gasteiger partial charge in [0.15, 0.2) is 18.0 Å². The summed E-state index contributed by atoms with van der Waals surface area (Å²) in [5.41, 5.74) is 2.27. The molecule has 2 fully saturated rings. The molecule has 0 saturated carbocycles. The molecule has 0 radical (unpaired) electrons. The van der Waals surface area contributed by atoms with Gasteiger partial charge in [-0.1, -0.05) is 78.9 Å². The molecule has 2 saturated heterocycles. The second-order valence-corrected chi connectivity index (χ2v) is 9.22. The van der Waals surface area contributed by atoms with Crippen LogP contribution in [-0.4, -0.2) is 52.8 Å². The number of nitrogens with one attached hydrogen (secondary N) is 1. The number of rotatable bonds is 6. The Morgan fingerprint density at radius 3 is 1.79 bits per heavy atom. The highest BCUT2D eigenvalue weighted by Crippen LogP contribution is 2.40. The lowest BCUT2D eigenvalue weighted by Gasteiger charge is -2.47. The normalized spacial score (nSPS) is 21.5. The molecule has 3 aromatic rings. The van der Waals surface area contributed by atoms with Crippen molar-refractivity contribution < 1.29 is 29.0 Å². The Balaban J connectivity index is 0.000000321. The molecule has 0 unspecified atom stereocenters. The zero-order chi connectivity index (χ0) is 26.6. The second-order valence-electron chi connectivity index (χ2n) is 9.22. The van der Waals surface area contributed by atoms with Gasteiger partial charge in [-0.25, -0.2) is 0 Å². The third-order valence-electron chi connectivity index (χ3n) is 6.37. The topological polar surface area (TPSA) is 105 Å². The SMILES string of the molecule is COC(C)(C)O[C@H]1C(=O)N(C(=O)c2ccccc2)[C@H]1c1ccccc1.O=C1N[C@@H](c2ccccc2)[C@H]1O.S.S. The van der Waals surface area contributed by atoms with Crippen molar-refractivity contribution in [3.05, 3.63) is 108 Å². The molecule has 5 rings (SSSR count). The molecular formula is C29H34N2O6S2. The van der Waals surface area contributed by atoms with E-state index in [4.69, 9.17) is 9.47 Å². The summed E-state index contributed by atoms with van der Waals surface area (Å²) in [6, 6.07) is 26.9. The summed E-state index contributed by atoms with van der Waals surface area (Å²) in [5, 5.41) is 11.8. The standard InChI is InChI=1S/C20H21NO4.C9H9NO2.2H2S/c1-20(2,24-3)25-17-16(14-10-6-4-7-11-14)21(19(17)23)18(22)15-12-8-5-9-13-15;11-8-7(10-9(8)12)6-4-2-1-3-5-6;;/h4-13,16-17H,1-3H3;1-5,7-8,11H,(H,10,12);2*1H2/t16-,17+;7-,8+;;/m00../s1. The van der Waals surface area contributed by atoms with Crippen molar-refractivity contribution in [2.75, 3.05) is 7.11 Å². The Labute approximate surface area is 242 Å². The van der Waals surface area contributed by atoms with Crippen LogP contribution < -0.4 is 5.32 Å². The van der Waals surface area contributed by atoms with Gasteiger partial charge in [-0.2, -0.15) is 27.0 Å². The van der Waals surface area contributed by atoms with Gasteiger partial charge >= 0.3 is 0 Å². The first-order valence-corrected chi connectivity index (χ1v) is 12.0. The van der Waals surface area contributed by atoms with Crippen molar-refractivity contribution in [2.45, 2.75) is 43.9 Å². The number of methoxy groups -OCH3 is 1. The molecule has 2 aliphatic rings. The molecule has 2 N–H and O–H groups in total. The van der Waals surface area contributed by atoms with Crippen LogP contribution in [0.25, 0.3) is 0 Å². The van der Waals surface area contributed by atoms with Crippen LogP contribution in [0.3, 0.4) is 0 Å². The monoisotopic (exact) mass is 570 g/mol. The molecule has 39 heavy (non-hydrogen) atoms. The van der Waals surface area contributed by atoms with Crippen molar-refractivity contribution in [2.24, 2.45) is 0 Å². The van der Waals surface area contributed by atoms with Crippen molar-refractivity contribution in [3.63, 3.8) is 0 Å². The highest BCUT2D eigenvalue weighted by atomic mass is 32.1. The minimum Gasteiger partial charge on any atom is -0.381 e. The first-order chi connectivity index (χ1) is 17.7. The molecule has 4 atom stereocenters. The molecule has 3 amide bonds. The smallest absolute Gasteiger partial charge is 0.261 e. The number of ether oxygens (including phenoxy) is 2. The summed E-state index contributed by atoms with van der Waals surface area (Å²) < 4.78 is 11.1. The molecule has 0 aromatic heterocycles. The quantitative estimate of drug-likeness (QED) is 0.267. The Morgan fingerprint density at radius 1 is 0.846 bits per heavy atom. The Hall–Kier alpha value is -3.15. The van der Waals surface area contributed by atoms with E-state index < -0.39 is 24.0 Å². The van der Waals surface area contributed by atoms with Crippen molar-refractivity contribution in [1.29, 1.82) is 0 Å². The minimum atomic E-state index is -0.921. The van der Waals surface area contributed by atoms with E-state index in [1.54, 1.807) is 38.1 Å². The molecule has 3 aromatic carbocycles. The maximum Gasteiger partial charge on any atom is 0.261 e. The van der Waals surface area contributed by atoms with Gasteiger partial charge in [-0.3, -0.25) is 19.3 Å². The molecule has 0 spiro atoms. The Bertz CT molecular complexity index is 1240. The maximum atomic E-state index is 12.8. The van der Waals surface area contributed by atoms with Crippen LogP contribution in [0.2, 0.25) is 0 Å². The summed E-state index contributed by atoms with van der Waals surface area (Å²) >= 11 is 0. The minimum absolute atomic E-state index is 0. The summed E-state index contributed by atoms with van der Waals surface area (Å²) in [6.45, 7) is 3.48. The summed E-state index contributed by atoms with van der Waals surface area (Å²) in [5.74, 6) is -1.89. The highest BCUT2D eigenvalue weighted by molar-refractivity contribution is 7.59. The number of benzene rings is 3. The first kappa shape index (κ1) is 32.1. The van der Waals surface area contributed by atoms with Crippen LogP contribution >= 0.6 is 27.0 Å². The largest absolute Gasteiger partial charge is 0.381 e. The van der Waals surface area contributed by atoms with Crippen LogP contribution in [0, 0.1) is 0 Å². The van der Waals surface area contributed by atoms with E-state index in [-0.39, 0.29) is 50.8 Å². The van der Waals surface area contributed by atoms with E-state index >= 15 is 0 Å². The Morgan fingerprint density at radius 2 is 1.33 bits per heavy atom. The highest BCUT2D eigenvalue weighted by Gasteiger charge is 2.54. The average molecular weight is 571 g/mol. The van der Waals surface area contributed by atoms with Crippen LogP contribution in [0.15, 0.2) is 91.0 Å². The zero-order valence-corrected chi connectivity index (χ0v) is 23.9. The predicted molar refractivity (Wildman–Crippen MR) is 157 cm³/mol. The number of carbonyl (C=O) groups is 3. The number of β-lactam (4-membered cyclic amide) rings is 2. The number of carbonyl (C=O) groups excluding carboxylic acids is 3. The lowest BCUT2D eigenvalue weighted by molar-refractivity contribution is -0.250. The van der Waals surface area contributed by atoms with Crippen molar-refractivity contribution >= 4 is 44.7 Å². The van der Waals surface area contributed by atoms with Crippen LogP contribution in [0.4, 0.5) is 0 Å². The lowest BCUT2D eigenvalue weighted by atomic mass is 9.89. The van der Waals surface area contributed by atoms with Crippen LogP contribution in [0.1, 0.15) is 47.4 Å². The van der Waals surface area contributed by atoms with Gasteiger partial charge in [0.2, 0.25) is 0 Å². The fraction of sp³-hybridized carbons (Fsp3) is 0.276. The fourth-order valence-electron chi connectivity index (χ4n) is 4.15. The van der Waals surface area contributed by atoms with Gasteiger partial charge in [-0.05, 0) is 37.1 Å². The molecule has 2 heterocycles. The summed E-state index contributed by atoms with van der Waals surface area (Å²) in [4.78, 5) is 37.4. The van der Waals surface area contributed by atoms with E-state index in [0.29, 0.717) is 5.56 Å². The second kappa shape index (κ2) is 13.8. The number of aliphatic hydroxyl groups excluding tert-OH is 1. The third-order valence-corrected chi connectivity index (χ3v) is 6.37. The zero-order valence-electron chi connectivity index (χ0n) is 21.9. The molecule has 10 heteroatoms. The number of aliphatic hydroxyl groups is 1. The van der Waals surface area contributed by atoms with Gasteiger partial charge < -0.3 is 19.9 Å². The molecule has 2 aliphatic heterocycles. The van der Waals surface area contributed by atoms with Gasteiger partial charge in [0.05, 0.1) is 6.04 Å². The number of hydrogen-bond donors (Lipinski definition) is 2. The van der Waals surface area contributed by atoms with E-state index in [1.807, 2.05) is 66.7 Å². The maximum absolute atomic E-state index is 12.8. The fourth-order valence-corrected chi connectivity index (χ4v) is 4.15. The number of likely N-dealkylation sites (tertiary alicyclic amines) is 1. The summed E-state index contributed by atoms with van der Waals surface area (Å²) in [6.07, 6.45) is -1.63. The van der Waals surface area contributed by atoms with Crippen molar-refractivity contribution in [1.82, 2.24) is 10.2 Å². The van der Waals surface area contributed by atoms with E-state index in [0.717, 1.165) is 11.1 Å². The average Bonchev–Trinajstić information content (AvgIpc) is 2.94. The van der Waals surface area contributed by atoms with Crippen LogP contribution in [-0.2, 0) is 19.1 Å². The molecule has 208 valence electrons. The van der Waals surface area contributed by atoms with E-state index in [1.165, 1.54) is 12.0 Å². The Kier molecular flexibility index (Phi) is 11.3.